The number of nitrogens with zero attached hydrogens (tertiary/aromatic N) is 1. The summed E-state index contributed by atoms with van der Waals surface area (Å²) in [6.45, 7) is 2.80. The van der Waals surface area contributed by atoms with Gasteiger partial charge in [-0.1, -0.05) is 19.1 Å². The molecule has 0 saturated heterocycles. The molecule has 0 amide bonds. The van der Waals surface area contributed by atoms with Crippen LogP contribution in [0.2, 0.25) is 0 Å². The molecule has 4 heteroatoms. The number of hydrogen-bond acceptors (Lipinski definition) is 2. The quantitative estimate of drug-likeness (QED) is 0.812. The average Bonchev–Trinajstić information content (AvgIpc) is 2.41. The van der Waals surface area contributed by atoms with E-state index in [1.54, 1.807) is 12.3 Å². The topological polar surface area (TPSA) is 24.9 Å². The van der Waals surface area contributed by atoms with E-state index < -0.39 is 0 Å². The summed E-state index contributed by atoms with van der Waals surface area (Å²) >= 11 is 2.28. The Labute approximate surface area is 126 Å². The van der Waals surface area contributed by atoms with E-state index in [1.807, 2.05) is 6.92 Å². The van der Waals surface area contributed by atoms with Crippen LogP contribution in [-0.2, 0) is 6.42 Å². The molecule has 0 aliphatic carbocycles. The Morgan fingerprint density at radius 2 is 2.00 bits per heavy atom. The van der Waals surface area contributed by atoms with Gasteiger partial charge in [0.25, 0.3) is 0 Å². The maximum Gasteiger partial charge on any atom is 0.146 e. The van der Waals surface area contributed by atoms with Crippen molar-refractivity contribution in [3.05, 3.63) is 63.2 Å². The SMILES string of the molecule is CCNC(Cc1ccc(I)cc1)c1ncccc1F. The summed E-state index contributed by atoms with van der Waals surface area (Å²) in [6.07, 6.45) is 2.37. The Hall–Kier alpha value is -1.01. The first-order valence-corrected chi connectivity index (χ1v) is 7.37. The van der Waals surface area contributed by atoms with Crippen molar-refractivity contribution < 1.29 is 4.39 Å². The van der Waals surface area contributed by atoms with Gasteiger partial charge in [0, 0.05) is 9.77 Å². The molecule has 2 rings (SSSR count). The molecule has 0 spiro atoms. The van der Waals surface area contributed by atoms with Crippen molar-refractivity contribution in [2.24, 2.45) is 0 Å². The molecule has 2 nitrogen and oxygen atoms in total. The number of rotatable bonds is 5. The Bertz CT molecular complexity index is 528. The van der Waals surface area contributed by atoms with Crippen LogP contribution in [0.4, 0.5) is 4.39 Å². The van der Waals surface area contributed by atoms with Gasteiger partial charge in [-0.3, -0.25) is 4.98 Å². The normalized spacial score (nSPS) is 12.4. The molecule has 0 fully saturated rings. The lowest BCUT2D eigenvalue weighted by Gasteiger charge is -2.18. The zero-order valence-electron chi connectivity index (χ0n) is 10.7. The third-order valence-electron chi connectivity index (χ3n) is 2.92. The molecule has 0 saturated carbocycles. The van der Waals surface area contributed by atoms with Crippen LogP contribution in [0.5, 0.6) is 0 Å². The van der Waals surface area contributed by atoms with Crippen LogP contribution >= 0.6 is 22.6 Å². The van der Waals surface area contributed by atoms with Crippen LogP contribution in [0.1, 0.15) is 24.2 Å². The first kappa shape index (κ1) is 14.4. The zero-order valence-corrected chi connectivity index (χ0v) is 12.9. The molecule has 1 unspecified atom stereocenters. The minimum absolute atomic E-state index is 0.0914. The number of hydrogen-bond donors (Lipinski definition) is 1. The molecule has 1 N–H and O–H groups in total. The summed E-state index contributed by atoms with van der Waals surface area (Å²) in [4.78, 5) is 4.17. The van der Waals surface area contributed by atoms with Gasteiger partial charge >= 0.3 is 0 Å². The average molecular weight is 370 g/mol. The van der Waals surface area contributed by atoms with Gasteiger partial charge in [0.05, 0.1) is 11.7 Å². The maximum absolute atomic E-state index is 13.8. The molecule has 1 atom stereocenters. The second-order valence-electron chi connectivity index (χ2n) is 4.31. The molecule has 1 heterocycles. The van der Waals surface area contributed by atoms with E-state index in [2.05, 4.69) is 57.2 Å². The molecule has 0 aliphatic rings. The number of likely N-dealkylation sites (N-methyl/N-ethyl adjacent to an activating group) is 1. The summed E-state index contributed by atoms with van der Waals surface area (Å²) in [5, 5.41) is 3.30. The fourth-order valence-corrected chi connectivity index (χ4v) is 2.38. The Balaban J connectivity index is 2.21. The lowest BCUT2D eigenvalue weighted by atomic mass is 10.0. The fraction of sp³-hybridized carbons (Fsp3) is 0.267. The van der Waals surface area contributed by atoms with Crippen LogP contribution in [0.3, 0.4) is 0 Å². The van der Waals surface area contributed by atoms with E-state index in [4.69, 9.17) is 0 Å². The summed E-state index contributed by atoms with van der Waals surface area (Å²) < 4.78 is 15.0. The second-order valence-corrected chi connectivity index (χ2v) is 5.56. The first-order valence-electron chi connectivity index (χ1n) is 6.29. The van der Waals surface area contributed by atoms with Crippen molar-refractivity contribution in [1.82, 2.24) is 10.3 Å². The molecular weight excluding hydrogens is 354 g/mol. The minimum atomic E-state index is -0.251. The number of aromatic nitrogens is 1. The van der Waals surface area contributed by atoms with E-state index >= 15 is 0 Å². The Kier molecular flexibility index (Phi) is 5.27. The second kappa shape index (κ2) is 6.96. The molecular formula is C15H16FIN2. The van der Waals surface area contributed by atoms with Gasteiger partial charge < -0.3 is 5.32 Å². The first-order chi connectivity index (χ1) is 9.20. The summed E-state index contributed by atoms with van der Waals surface area (Å²) in [5.74, 6) is -0.251. The van der Waals surface area contributed by atoms with E-state index in [1.165, 1.54) is 15.2 Å². The van der Waals surface area contributed by atoms with Gasteiger partial charge in [0.2, 0.25) is 0 Å². The van der Waals surface area contributed by atoms with Crippen molar-refractivity contribution in [1.29, 1.82) is 0 Å². The molecule has 100 valence electrons. The van der Waals surface area contributed by atoms with Crippen molar-refractivity contribution >= 4 is 22.6 Å². The standard InChI is InChI=1S/C15H16FIN2/c1-2-18-14(15-13(16)4-3-9-19-15)10-11-5-7-12(17)8-6-11/h3-9,14,18H,2,10H2,1H3. The van der Waals surface area contributed by atoms with E-state index in [0.29, 0.717) is 5.69 Å². The van der Waals surface area contributed by atoms with Crippen molar-refractivity contribution in [2.75, 3.05) is 6.54 Å². The van der Waals surface area contributed by atoms with Crippen molar-refractivity contribution in [3.63, 3.8) is 0 Å². The van der Waals surface area contributed by atoms with E-state index in [9.17, 15) is 4.39 Å². The van der Waals surface area contributed by atoms with Gasteiger partial charge in [-0.2, -0.15) is 0 Å². The van der Waals surface area contributed by atoms with Crippen LogP contribution < -0.4 is 5.32 Å². The van der Waals surface area contributed by atoms with E-state index in [-0.39, 0.29) is 11.9 Å². The number of pyridine rings is 1. The van der Waals surface area contributed by atoms with Crippen molar-refractivity contribution in [3.8, 4) is 0 Å². The Morgan fingerprint density at radius 1 is 1.26 bits per heavy atom. The summed E-state index contributed by atoms with van der Waals surface area (Å²) in [7, 11) is 0. The highest BCUT2D eigenvalue weighted by atomic mass is 127. The summed E-state index contributed by atoms with van der Waals surface area (Å²) in [5.41, 5.74) is 1.67. The third kappa shape index (κ3) is 3.98. The van der Waals surface area contributed by atoms with Gasteiger partial charge in [-0.15, -0.1) is 0 Å². The molecule has 0 radical (unpaired) electrons. The monoisotopic (exact) mass is 370 g/mol. The van der Waals surface area contributed by atoms with Crippen LogP contribution in [-0.4, -0.2) is 11.5 Å². The number of benzene rings is 1. The molecule has 19 heavy (non-hydrogen) atoms. The van der Waals surface area contributed by atoms with Crippen LogP contribution in [0.25, 0.3) is 0 Å². The van der Waals surface area contributed by atoms with Gasteiger partial charge in [0.15, 0.2) is 0 Å². The predicted molar refractivity (Wildman–Crippen MR) is 83.5 cm³/mol. The summed E-state index contributed by atoms with van der Waals surface area (Å²) in [6, 6.07) is 11.3. The highest BCUT2D eigenvalue weighted by Gasteiger charge is 2.16. The molecule has 1 aromatic carbocycles. The lowest BCUT2D eigenvalue weighted by Crippen LogP contribution is -2.25. The lowest BCUT2D eigenvalue weighted by molar-refractivity contribution is 0.494. The minimum Gasteiger partial charge on any atom is -0.309 e. The Morgan fingerprint density at radius 3 is 2.63 bits per heavy atom. The van der Waals surface area contributed by atoms with E-state index in [0.717, 1.165) is 13.0 Å². The maximum atomic E-state index is 13.8. The van der Waals surface area contributed by atoms with Crippen LogP contribution in [0.15, 0.2) is 42.6 Å². The highest BCUT2D eigenvalue weighted by Crippen LogP contribution is 2.19. The molecule has 1 aromatic heterocycles. The van der Waals surface area contributed by atoms with Crippen molar-refractivity contribution in [2.45, 2.75) is 19.4 Å². The number of nitrogens with one attached hydrogen (secondary N) is 1. The largest absolute Gasteiger partial charge is 0.309 e. The van der Waals surface area contributed by atoms with Gasteiger partial charge in [-0.05, 0) is 65.4 Å². The number of halogens is 2. The zero-order chi connectivity index (χ0) is 13.7. The van der Waals surface area contributed by atoms with Gasteiger partial charge in [-0.25, -0.2) is 4.39 Å². The highest BCUT2D eigenvalue weighted by molar-refractivity contribution is 14.1. The molecule has 0 aliphatic heterocycles. The molecule has 0 bridgehead atoms. The predicted octanol–water partition coefficient (Wildman–Crippen LogP) is 3.72. The fourth-order valence-electron chi connectivity index (χ4n) is 2.02. The smallest absolute Gasteiger partial charge is 0.146 e. The third-order valence-corrected chi connectivity index (χ3v) is 3.64. The van der Waals surface area contributed by atoms with Crippen LogP contribution in [0, 0.1) is 9.39 Å². The van der Waals surface area contributed by atoms with Gasteiger partial charge in [0.1, 0.15) is 5.82 Å². The molecule has 2 aromatic rings.